The average Bonchev–Trinajstić information content (AvgIpc) is 3.56. The van der Waals surface area contributed by atoms with E-state index < -0.39 is 0 Å². The molecule has 0 fully saturated rings. The Morgan fingerprint density at radius 1 is 0.279 bits per heavy atom. The maximum Gasteiger partial charge on any atom is 0.164 e. The maximum atomic E-state index is 5.13. The number of hydrogen-bond acceptors (Lipinski definition) is 3. The van der Waals surface area contributed by atoms with Gasteiger partial charge in [-0.1, -0.05) is 202 Å². The second-order valence-corrected chi connectivity index (χ2v) is 16.7. The number of fused-ring (bicyclic) bond motifs is 11. The highest BCUT2D eigenvalue weighted by Crippen LogP contribution is 2.50. The first-order chi connectivity index (χ1) is 30.0. The van der Waals surface area contributed by atoms with Crippen molar-refractivity contribution in [2.75, 3.05) is 0 Å². The molecule has 0 amide bonds. The second-order valence-electron chi connectivity index (χ2n) is 16.7. The van der Waals surface area contributed by atoms with Crippen LogP contribution in [-0.4, -0.2) is 15.0 Å². The molecule has 286 valence electrons. The fourth-order valence-corrected chi connectivity index (χ4v) is 9.85. The van der Waals surface area contributed by atoms with Gasteiger partial charge in [0.05, 0.1) is 0 Å². The molecule has 10 aromatic carbocycles. The lowest BCUT2D eigenvalue weighted by atomic mass is 9.81. The Hall–Kier alpha value is -7.75. The molecule has 0 aliphatic heterocycles. The molecular formula is C58H39N3. The lowest BCUT2D eigenvalue weighted by Gasteiger charge is -2.22. The lowest BCUT2D eigenvalue weighted by molar-refractivity contribution is 0.660. The number of benzene rings is 10. The van der Waals surface area contributed by atoms with Crippen molar-refractivity contribution in [3.8, 4) is 67.5 Å². The summed E-state index contributed by atoms with van der Waals surface area (Å²) in [6.45, 7) is 4.66. The Bertz CT molecular complexity index is 3530. The highest BCUT2D eigenvalue weighted by molar-refractivity contribution is 6.33. The standard InChI is InChI=1S/C58H39N3/c1-58(2)52-23-13-12-20-46(52)47-33-32-41(34-53(47)58)36-24-28-39(29-25-36)56-59-55(38-14-4-3-5-15-38)60-57(61-56)40-30-26-37(27-31-40)50-35-51-44-18-7-6-16-42(44)43-17-8-10-21-48(43)54(51)49-22-11-9-19-45(49)50/h3-35H,1-2H3. The van der Waals surface area contributed by atoms with Crippen molar-refractivity contribution >= 4 is 43.1 Å². The van der Waals surface area contributed by atoms with Crippen LogP contribution in [0.4, 0.5) is 0 Å². The molecule has 1 aromatic heterocycles. The summed E-state index contributed by atoms with van der Waals surface area (Å²) in [6, 6.07) is 72.1. The number of nitrogens with zero attached hydrogens (tertiary/aromatic N) is 3. The topological polar surface area (TPSA) is 38.7 Å². The molecule has 61 heavy (non-hydrogen) atoms. The van der Waals surface area contributed by atoms with Crippen LogP contribution in [0.2, 0.25) is 0 Å². The molecule has 0 N–H and O–H groups in total. The van der Waals surface area contributed by atoms with E-state index in [0.29, 0.717) is 17.5 Å². The van der Waals surface area contributed by atoms with E-state index in [-0.39, 0.29) is 5.41 Å². The zero-order valence-electron chi connectivity index (χ0n) is 33.9. The van der Waals surface area contributed by atoms with Crippen LogP contribution in [0.5, 0.6) is 0 Å². The van der Waals surface area contributed by atoms with Crippen molar-refractivity contribution in [2.24, 2.45) is 0 Å². The van der Waals surface area contributed by atoms with Crippen LogP contribution >= 0.6 is 0 Å². The van der Waals surface area contributed by atoms with Crippen LogP contribution in [0.15, 0.2) is 200 Å². The van der Waals surface area contributed by atoms with Crippen LogP contribution in [-0.2, 0) is 5.41 Å². The van der Waals surface area contributed by atoms with E-state index in [1.54, 1.807) is 0 Å². The monoisotopic (exact) mass is 777 g/mol. The molecule has 3 nitrogen and oxygen atoms in total. The molecule has 0 bridgehead atoms. The van der Waals surface area contributed by atoms with Crippen LogP contribution in [0.1, 0.15) is 25.0 Å². The molecule has 0 saturated heterocycles. The number of hydrogen-bond donors (Lipinski definition) is 0. The van der Waals surface area contributed by atoms with Gasteiger partial charge in [-0.15, -0.1) is 0 Å². The van der Waals surface area contributed by atoms with Crippen LogP contribution in [0.3, 0.4) is 0 Å². The van der Waals surface area contributed by atoms with E-state index in [2.05, 4.69) is 196 Å². The minimum Gasteiger partial charge on any atom is -0.208 e. The van der Waals surface area contributed by atoms with Gasteiger partial charge in [-0.05, 0) is 99.7 Å². The molecule has 3 heteroatoms. The summed E-state index contributed by atoms with van der Waals surface area (Å²) < 4.78 is 0. The van der Waals surface area contributed by atoms with Gasteiger partial charge in [-0.25, -0.2) is 15.0 Å². The van der Waals surface area contributed by atoms with Crippen molar-refractivity contribution in [2.45, 2.75) is 19.3 Å². The highest BCUT2D eigenvalue weighted by Gasteiger charge is 2.35. The molecule has 0 saturated carbocycles. The third-order valence-electron chi connectivity index (χ3n) is 12.9. The van der Waals surface area contributed by atoms with E-state index in [0.717, 1.165) is 27.8 Å². The molecule has 1 heterocycles. The molecule has 0 atom stereocenters. The number of aromatic nitrogens is 3. The molecule has 11 aromatic rings. The Morgan fingerprint density at radius 2 is 0.705 bits per heavy atom. The third-order valence-corrected chi connectivity index (χ3v) is 12.9. The predicted octanol–water partition coefficient (Wildman–Crippen LogP) is 15.1. The van der Waals surface area contributed by atoms with Gasteiger partial charge in [0.2, 0.25) is 0 Å². The Kier molecular flexibility index (Phi) is 7.88. The van der Waals surface area contributed by atoms with Crippen LogP contribution in [0, 0.1) is 0 Å². The van der Waals surface area contributed by atoms with Gasteiger partial charge in [0.15, 0.2) is 17.5 Å². The van der Waals surface area contributed by atoms with Gasteiger partial charge < -0.3 is 0 Å². The van der Waals surface area contributed by atoms with E-state index in [1.807, 2.05) is 18.2 Å². The molecule has 0 unspecified atom stereocenters. The zero-order chi connectivity index (χ0) is 40.7. The van der Waals surface area contributed by atoms with Crippen molar-refractivity contribution in [1.82, 2.24) is 15.0 Å². The Morgan fingerprint density at radius 3 is 1.34 bits per heavy atom. The Balaban J connectivity index is 0.940. The third kappa shape index (κ3) is 5.62. The average molecular weight is 778 g/mol. The highest BCUT2D eigenvalue weighted by atomic mass is 15.0. The molecule has 0 spiro atoms. The summed E-state index contributed by atoms with van der Waals surface area (Å²) >= 11 is 0. The van der Waals surface area contributed by atoms with Gasteiger partial charge in [0.25, 0.3) is 0 Å². The van der Waals surface area contributed by atoms with E-state index >= 15 is 0 Å². The zero-order valence-corrected chi connectivity index (χ0v) is 33.9. The smallest absolute Gasteiger partial charge is 0.164 e. The lowest BCUT2D eigenvalue weighted by Crippen LogP contribution is -2.14. The summed E-state index contributed by atoms with van der Waals surface area (Å²) in [7, 11) is 0. The van der Waals surface area contributed by atoms with Gasteiger partial charge >= 0.3 is 0 Å². The number of rotatable bonds is 5. The first kappa shape index (κ1) is 35.2. The molecule has 1 aliphatic rings. The van der Waals surface area contributed by atoms with Crippen molar-refractivity contribution in [3.63, 3.8) is 0 Å². The second kappa shape index (κ2) is 13.7. The predicted molar refractivity (Wildman–Crippen MR) is 255 cm³/mol. The fraction of sp³-hybridized carbons (Fsp3) is 0.0517. The van der Waals surface area contributed by atoms with Gasteiger partial charge in [0, 0.05) is 22.1 Å². The first-order valence-corrected chi connectivity index (χ1v) is 21.0. The van der Waals surface area contributed by atoms with Crippen LogP contribution < -0.4 is 0 Å². The summed E-state index contributed by atoms with van der Waals surface area (Å²) in [5, 5.41) is 10.1. The van der Waals surface area contributed by atoms with E-state index in [1.165, 1.54) is 76.5 Å². The molecule has 1 aliphatic carbocycles. The van der Waals surface area contributed by atoms with Gasteiger partial charge in [-0.2, -0.15) is 0 Å². The van der Waals surface area contributed by atoms with Crippen molar-refractivity contribution < 1.29 is 0 Å². The minimum atomic E-state index is -0.0529. The maximum absolute atomic E-state index is 5.13. The Labute approximate surface area is 354 Å². The van der Waals surface area contributed by atoms with Crippen molar-refractivity contribution in [1.29, 1.82) is 0 Å². The summed E-state index contributed by atoms with van der Waals surface area (Å²) in [4.78, 5) is 15.2. The molecule has 12 rings (SSSR count). The van der Waals surface area contributed by atoms with Crippen molar-refractivity contribution in [3.05, 3.63) is 211 Å². The SMILES string of the molecule is CC1(C)c2ccccc2-c2ccc(-c3ccc(-c4nc(-c5ccccc5)nc(-c5ccc(-c6cc7c8ccccc8c8ccccc8c7c7ccccc67)cc5)n4)cc3)cc21. The van der Waals surface area contributed by atoms with Gasteiger partial charge in [-0.3, -0.25) is 0 Å². The summed E-state index contributed by atoms with van der Waals surface area (Å²) in [5.41, 5.74) is 12.9. The normalized spacial score (nSPS) is 12.9. The van der Waals surface area contributed by atoms with Crippen LogP contribution in [0.25, 0.3) is 111 Å². The van der Waals surface area contributed by atoms with Gasteiger partial charge in [0.1, 0.15) is 0 Å². The van der Waals surface area contributed by atoms with E-state index in [4.69, 9.17) is 15.0 Å². The largest absolute Gasteiger partial charge is 0.208 e. The van der Waals surface area contributed by atoms with E-state index in [9.17, 15) is 0 Å². The first-order valence-electron chi connectivity index (χ1n) is 21.0. The fourth-order valence-electron chi connectivity index (χ4n) is 9.85. The molecule has 0 radical (unpaired) electrons. The summed E-state index contributed by atoms with van der Waals surface area (Å²) in [6.07, 6.45) is 0. The minimum absolute atomic E-state index is 0.0529. The quantitative estimate of drug-likeness (QED) is 0.163. The summed E-state index contributed by atoms with van der Waals surface area (Å²) in [5.74, 6) is 1.93. The molecular weight excluding hydrogens is 739 g/mol.